The molecule has 2 aromatic carbocycles. The number of hydrogen-bond donors (Lipinski definition) is 1. The van der Waals surface area contributed by atoms with E-state index in [1.54, 1.807) is 0 Å². The van der Waals surface area contributed by atoms with Crippen molar-refractivity contribution >= 4 is 5.91 Å². The fourth-order valence-corrected chi connectivity index (χ4v) is 5.20. The van der Waals surface area contributed by atoms with Gasteiger partial charge in [0.1, 0.15) is 0 Å². The van der Waals surface area contributed by atoms with Gasteiger partial charge in [0.2, 0.25) is 5.91 Å². The lowest BCUT2D eigenvalue weighted by molar-refractivity contribution is -0.121. The smallest absolute Gasteiger partial charge is 0.220 e. The van der Waals surface area contributed by atoms with Crippen molar-refractivity contribution in [3.63, 3.8) is 0 Å². The molecular formula is C30H36N4O. The Balaban J connectivity index is 1.52. The third-order valence-corrected chi connectivity index (χ3v) is 7.18. The number of nitriles is 1. The summed E-state index contributed by atoms with van der Waals surface area (Å²) in [5.74, 6) is 0.107. The van der Waals surface area contributed by atoms with Crippen molar-refractivity contribution in [2.24, 2.45) is 0 Å². The molecule has 2 heterocycles. The van der Waals surface area contributed by atoms with Crippen molar-refractivity contribution < 1.29 is 4.79 Å². The van der Waals surface area contributed by atoms with Crippen LogP contribution in [0.5, 0.6) is 0 Å². The summed E-state index contributed by atoms with van der Waals surface area (Å²) in [6.07, 6.45) is 5.04. The molecule has 1 aliphatic rings. The number of rotatable bonds is 9. The summed E-state index contributed by atoms with van der Waals surface area (Å²) in [5, 5.41) is 12.2. The fraction of sp³-hybridized carbons (Fsp3) is 0.400. The minimum absolute atomic E-state index is 0.107. The SMILES string of the molecule is Cc1ccc(-c2ccc(CCC(=O)NCC[C@H]3CCCN3C)n2-c2ccc(CC#N)cc2)c(C)c1. The highest BCUT2D eigenvalue weighted by Crippen LogP contribution is 2.30. The highest BCUT2D eigenvalue weighted by Gasteiger charge is 2.20. The van der Waals surface area contributed by atoms with E-state index in [1.165, 1.54) is 29.5 Å². The predicted molar refractivity (Wildman–Crippen MR) is 142 cm³/mol. The Labute approximate surface area is 209 Å². The van der Waals surface area contributed by atoms with Crippen LogP contribution < -0.4 is 5.32 Å². The zero-order valence-corrected chi connectivity index (χ0v) is 21.2. The number of nitrogens with one attached hydrogen (secondary N) is 1. The number of carbonyl (C=O) groups excluding carboxylic acids is 1. The topological polar surface area (TPSA) is 61.1 Å². The first-order valence-electron chi connectivity index (χ1n) is 12.7. The third-order valence-electron chi connectivity index (χ3n) is 7.18. The van der Waals surface area contributed by atoms with Crippen molar-refractivity contribution in [2.75, 3.05) is 20.1 Å². The van der Waals surface area contributed by atoms with Gasteiger partial charge >= 0.3 is 0 Å². The van der Waals surface area contributed by atoms with E-state index in [0.717, 1.165) is 42.1 Å². The van der Waals surface area contributed by atoms with E-state index >= 15 is 0 Å². The lowest BCUT2D eigenvalue weighted by Crippen LogP contribution is -2.31. The Morgan fingerprint density at radius 2 is 1.91 bits per heavy atom. The molecular weight excluding hydrogens is 432 g/mol. The zero-order valence-electron chi connectivity index (χ0n) is 21.2. The molecule has 4 rings (SSSR count). The number of aromatic nitrogens is 1. The van der Waals surface area contributed by atoms with E-state index in [-0.39, 0.29) is 5.91 Å². The Hall–Kier alpha value is -3.36. The van der Waals surface area contributed by atoms with E-state index < -0.39 is 0 Å². The molecule has 5 heteroatoms. The summed E-state index contributed by atoms with van der Waals surface area (Å²) >= 11 is 0. The van der Waals surface area contributed by atoms with Gasteiger partial charge in [0.15, 0.2) is 0 Å². The summed E-state index contributed by atoms with van der Waals surface area (Å²) in [4.78, 5) is 15.0. The van der Waals surface area contributed by atoms with Gasteiger partial charge in [0.25, 0.3) is 0 Å². The zero-order chi connectivity index (χ0) is 24.8. The molecule has 1 aliphatic heterocycles. The predicted octanol–water partition coefficient (Wildman–Crippen LogP) is 5.36. The molecule has 1 atom stereocenters. The van der Waals surface area contributed by atoms with Gasteiger partial charge in [-0.25, -0.2) is 0 Å². The van der Waals surface area contributed by atoms with Crippen molar-refractivity contribution in [1.82, 2.24) is 14.8 Å². The number of nitrogens with zero attached hydrogens (tertiary/aromatic N) is 3. The molecule has 1 saturated heterocycles. The minimum atomic E-state index is 0.107. The Bertz CT molecular complexity index is 1200. The molecule has 182 valence electrons. The van der Waals surface area contributed by atoms with Crippen LogP contribution in [0.2, 0.25) is 0 Å². The lowest BCUT2D eigenvalue weighted by Gasteiger charge is -2.19. The van der Waals surface area contributed by atoms with Gasteiger partial charge in [-0.15, -0.1) is 0 Å². The van der Waals surface area contributed by atoms with Gasteiger partial charge in [-0.3, -0.25) is 4.79 Å². The molecule has 5 nitrogen and oxygen atoms in total. The molecule has 0 bridgehead atoms. The molecule has 0 saturated carbocycles. The first-order valence-corrected chi connectivity index (χ1v) is 12.7. The summed E-state index contributed by atoms with van der Waals surface area (Å²) in [6.45, 7) is 6.15. The van der Waals surface area contributed by atoms with Crippen LogP contribution in [-0.4, -0.2) is 41.6 Å². The summed E-state index contributed by atoms with van der Waals surface area (Å²) in [5.41, 5.74) is 7.94. The van der Waals surface area contributed by atoms with Gasteiger partial charge in [-0.05, 0) is 88.5 Å². The van der Waals surface area contributed by atoms with Gasteiger partial charge in [-0.2, -0.15) is 5.26 Å². The largest absolute Gasteiger partial charge is 0.356 e. The van der Waals surface area contributed by atoms with Crippen molar-refractivity contribution in [1.29, 1.82) is 5.26 Å². The van der Waals surface area contributed by atoms with E-state index in [9.17, 15) is 4.79 Å². The normalized spacial score (nSPS) is 15.8. The summed E-state index contributed by atoms with van der Waals surface area (Å²) in [6, 6.07) is 21.8. The van der Waals surface area contributed by atoms with Gasteiger partial charge < -0.3 is 14.8 Å². The maximum atomic E-state index is 12.6. The second-order valence-corrected chi connectivity index (χ2v) is 9.78. The monoisotopic (exact) mass is 468 g/mol. The molecule has 1 fully saturated rings. The van der Waals surface area contributed by atoms with Crippen LogP contribution in [0.15, 0.2) is 54.6 Å². The van der Waals surface area contributed by atoms with Crippen LogP contribution in [0.4, 0.5) is 0 Å². The highest BCUT2D eigenvalue weighted by molar-refractivity contribution is 5.76. The second-order valence-electron chi connectivity index (χ2n) is 9.78. The van der Waals surface area contributed by atoms with Crippen LogP contribution >= 0.6 is 0 Å². The lowest BCUT2D eigenvalue weighted by atomic mass is 10.0. The molecule has 0 unspecified atom stereocenters. The van der Waals surface area contributed by atoms with Crippen molar-refractivity contribution in [3.05, 3.63) is 77.0 Å². The standard InChI is InChI=1S/C30H36N4O/c1-22-6-13-28(23(2)21-22)29-14-11-27(34(29)26-9-7-24(8-10-26)16-18-31)12-15-30(35)32-19-17-25-5-4-20-33(25)3/h6-11,13-14,21,25H,4-5,12,15-17,19-20H2,1-3H3,(H,32,35)/t25-/m1/s1. The van der Waals surface area contributed by atoms with Crippen LogP contribution in [0.1, 0.15) is 48.1 Å². The van der Waals surface area contributed by atoms with E-state index in [4.69, 9.17) is 5.26 Å². The number of aryl methyl sites for hydroxylation is 3. The molecule has 0 spiro atoms. The first-order chi connectivity index (χ1) is 17.0. The van der Waals surface area contributed by atoms with E-state index in [1.807, 2.05) is 12.1 Å². The molecule has 0 radical (unpaired) electrons. The van der Waals surface area contributed by atoms with Gasteiger partial charge in [-0.1, -0.05) is 35.9 Å². The summed E-state index contributed by atoms with van der Waals surface area (Å²) < 4.78 is 2.26. The van der Waals surface area contributed by atoms with Crippen LogP contribution in [0.25, 0.3) is 16.9 Å². The van der Waals surface area contributed by atoms with Crippen molar-refractivity contribution in [3.8, 4) is 23.0 Å². The van der Waals surface area contributed by atoms with Gasteiger partial charge in [0, 0.05) is 36.0 Å². The Morgan fingerprint density at radius 3 is 2.60 bits per heavy atom. The average molecular weight is 469 g/mol. The van der Waals surface area contributed by atoms with Crippen molar-refractivity contribution in [2.45, 2.75) is 58.4 Å². The van der Waals surface area contributed by atoms with E-state index in [2.05, 4.69) is 84.2 Å². The molecule has 1 N–H and O–H groups in total. The van der Waals surface area contributed by atoms with Crippen LogP contribution in [0, 0.1) is 25.2 Å². The number of amides is 1. The van der Waals surface area contributed by atoms with Crippen LogP contribution in [-0.2, 0) is 17.6 Å². The van der Waals surface area contributed by atoms with Crippen LogP contribution in [0.3, 0.4) is 0 Å². The quantitative estimate of drug-likeness (QED) is 0.460. The summed E-state index contributed by atoms with van der Waals surface area (Å²) in [7, 11) is 2.17. The molecule has 0 aliphatic carbocycles. The molecule has 1 aromatic heterocycles. The maximum absolute atomic E-state index is 12.6. The molecule has 3 aromatic rings. The average Bonchev–Trinajstić information content (AvgIpc) is 3.44. The molecule has 1 amide bonds. The first kappa shape index (κ1) is 24.8. The Morgan fingerprint density at radius 1 is 1.11 bits per heavy atom. The maximum Gasteiger partial charge on any atom is 0.220 e. The third kappa shape index (κ3) is 6.01. The number of hydrogen-bond acceptors (Lipinski definition) is 3. The number of likely N-dealkylation sites (tertiary alicyclic amines) is 1. The number of benzene rings is 2. The Kier molecular flexibility index (Phi) is 8.05. The molecule has 35 heavy (non-hydrogen) atoms. The fourth-order valence-electron chi connectivity index (χ4n) is 5.20. The number of carbonyl (C=O) groups is 1. The second kappa shape index (κ2) is 11.4. The van der Waals surface area contributed by atoms with Gasteiger partial charge in [0.05, 0.1) is 18.2 Å². The minimum Gasteiger partial charge on any atom is -0.356 e. The van der Waals surface area contributed by atoms with E-state index in [0.29, 0.717) is 25.3 Å². The highest BCUT2D eigenvalue weighted by atomic mass is 16.1.